The first-order valence-electron chi connectivity index (χ1n) is 8.46. The number of aromatic nitrogens is 2. The highest BCUT2D eigenvalue weighted by molar-refractivity contribution is 5.92. The van der Waals surface area contributed by atoms with E-state index >= 15 is 0 Å². The Labute approximate surface area is 152 Å². The van der Waals surface area contributed by atoms with Crippen molar-refractivity contribution in [1.29, 1.82) is 0 Å². The van der Waals surface area contributed by atoms with Crippen molar-refractivity contribution < 1.29 is 18.7 Å². The molecular formula is C19H15F2N3O3. The zero-order valence-electron chi connectivity index (χ0n) is 14.2. The predicted molar refractivity (Wildman–Crippen MR) is 95.7 cm³/mol. The average molecular weight is 371 g/mol. The second-order valence-electron chi connectivity index (χ2n) is 6.38. The summed E-state index contributed by atoms with van der Waals surface area (Å²) in [5.74, 6) is -2.45. The zero-order chi connectivity index (χ0) is 19.1. The monoisotopic (exact) mass is 371 g/mol. The van der Waals surface area contributed by atoms with Crippen LogP contribution in [0.15, 0.2) is 41.3 Å². The van der Waals surface area contributed by atoms with Crippen molar-refractivity contribution in [3.05, 3.63) is 63.9 Å². The normalized spacial score (nSPS) is 14.1. The minimum absolute atomic E-state index is 0.0570. The Morgan fingerprint density at radius 3 is 2.52 bits per heavy atom. The average Bonchev–Trinajstić information content (AvgIpc) is 3.17. The topological polar surface area (TPSA) is 75.4 Å². The molecule has 0 spiro atoms. The fourth-order valence-corrected chi connectivity index (χ4v) is 3.33. The summed E-state index contributed by atoms with van der Waals surface area (Å²) in [7, 11) is 0. The van der Waals surface area contributed by atoms with Crippen molar-refractivity contribution in [2.24, 2.45) is 0 Å². The van der Waals surface area contributed by atoms with E-state index in [1.54, 1.807) is 6.07 Å². The van der Waals surface area contributed by atoms with Gasteiger partial charge in [-0.25, -0.2) is 18.6 Å². The number of carbonyl (C=O) groups is 1. The van der Waals surface area contributed by atoms with Gasteiger partial charge in [-0.1, -0.05) is 0 Å². The zero-order valence-corrected chi connectivity index (χ0v) is 14.2. The minimum Gasteiger partial charge on any atom is -0.477 e. The van der Waals surface area contributed by atoms with Gasteiger partial charge in [-0.3, -0.25) is 9.36 Å². The first-order valence-corrected chi connectivity index (χ1v) is 8.46. The summed E-state index contributed by atoms with van der Waals surface area (Å²) in [6, 6.07) is 6.11. The summed E-state index contributed by atoms with van der Waals surface area (Å²) in [6.45, 7) is 1.64. The van der Waals surface area contributed by atoms with Crippen LogP contribution in [0.4, 0.5) is 14.6 Å². The summed E-state index contributed by atoms with van der Waals surface area (Å²) in [6.07, 6.45) is 3.08. The third kappa shape index (κ3) is 2.92. The van der Waals surface area contributed by atoms with Crippen molar-refractivity contribution >= 4 is 22.8 Å². The third-order valence-electron chi connectivity index (χ3n) is 4.67. The fourth-order valence-electron chi connectivity index (χ4n) is 3.33. The Morgan fingerprint density at radius 2 is 1.85 bits per heavy atom. The van der Waals surface area contributed by atoms with Crippen molar-refractivity contribution in [3.63, 3.8) is 0 Å². The first-order chi connectivity index (χ1) is 13.0. The van der Waals surface area contributed by atoms with Gasteiger partial charge in [0.25, 0.3) is 0 Å². The van der Waals surface area contributed by atoms with Gasteiger partial charge in [-0.05, 0) is 37.1 Å². The molecule has 8 heteroatoms. The molecule has 0 radical (unpaired) electrons. The van der Waals surface area contributed by atoms with E-state index in [-0.39, 0.29) is 16.7 Å². The molecule has 1 N–H and O–H groups in total. The highest BCUT2D eigenvalue weighted by Gasteiger charge is 2.20. The van der Waals surface area contributed by atoms with E-state index in [4.69, 9.17) is 0 Å². The molecule has 27 heavy (non-hydrogen) atoms. The summed E-state index contributed by atoms with van der Waals surface area (Å²) >= 11 is 0. The van der Waals surface area contributed by atoms with Crippen molar-refractivity contribution in [2.45, 2.75) is 12.8 Å². The number of halogens is 2. The number of carboxylic acids is 1. The number of aromatic carboxylic acids is 1. The molecule has 6 nitrogen and oxygen atoms in total. The molecule has 1 saturated heterocycles. The molecule has 3 heterocycles. The minimum atomic E-state index is -1.43. The number of carboxylic acid groups (broad SMARTS) is 1. The van der Waals surface area contributed by atoms with Crippen LogP contribution in [-0.4, -0.2) is 33.7 Å². The Bertz CT molecular complexity index is 1120. The molecule has 0 amide bonds. The summed E-state index contributed by atoms with van der Waals surface area (Å²) < 4.78 is 28.9. The van der Waals surface area contributed by atoms with Crippen LogP contribution in [-0.2, 0) is 0 Å². The van der Waals surface area contributed by atoms with E-state index in [0.29, 0.717) is 11.9 Å². The fraction of sp³-hybridized carbons (Fsp3) is 0.211. The molecule has 2 aromatic heterocycles. The molecule has 1 aliphatic heterocycles. The summed E-state index contributed by atoms with van der Waals surface area (Å²) in [5, 5.41) is 9.40. The van der Waals surface area contributed by atoms with Crippen LogP contribution in [0.3, 0.4) is 0 Å². The molecule has 1 aliphatic rings. The largest absolute Gasteiger partial charge is 0.477 e. The third-order valence-corrected chi connectivity index (χ3v) is 4.67. The Kier molecular flexibility index (Phi) is 4.10. The van der Waals surface area contributed by atoms with Gasteiger partial charge >= 0.3 is 5.97 Å². The number of pyridine rings is 2. The summed E-state index contributed by atoms with van der Waals surface area (Å²) in [5.41, 5.74) is -1.17. The molecule has 3 aromatic rings. The smallest absolute Gasteiger partial charge is 0.341 e. The molecular weight excluding hydrogens is 356 g/mol. The molecule has 1 aromatic carbocycles. The van der Waals surface area contributed by atoms with E-state index in [0.717, 1.165) is 38.2 Å². The Balaban J connectivity index is 2.04. The van der Waals surface area contributed by atoms with Crippen molar-refractivity contribution in [3.8, 4) is 5.69 Å². The van der Waals surface area contributed by atoms with E-state index in [9.17, 15) is 23.5 Å². The van der Waals surface area contributed by atoms with Crippen molar-refractivity contribution in [2.75, 3.05) is 18.0 Å². The maximum atomic E-state index is 14.4. The van der Waals surface area contributed by atoms with Crippen LogP contribution in [0.25, 0.3) is 16.7 Å². The molecule has 0 saturated carbocycles. The highest BCUT2D eigenvalue weighted by atomic mass is 19.1. The number of nitrogens with zero attached hydrogens (tertiary/aromatic N) is 3. The van der Waals surface area contributed by atoms with Gasteiger partial charge in [-0.2, -0.15) is 0 Å². The second-order valence-corrected chi connectivity index (χ2v) is 6.38. The maximum absolute atomic E-state index is 14.4. The molecule has 0 atom stereocenters. The van der Waals surface area contributed by atoms with E-state index in [1.165, 1.54) is 16.7 Å². The highest BCUT2D eigenvalue weighted by Crippen LogP contribution is 2.24. The number of fused-ring (bicyclic) bond motifs is 1. The SMILES string of the molecule is O=C(O)c1cn(-c2ccc(F)cc2F)c2nc(N3CCCC3)ccc2c1=O. The van der Waals surface area contributed by atoms with Crippen LogP contribution < -0.4 is 10.3 Å². The lowest BCUT2D eigenvalue weighted by atomic mass is 10.1. The van der Waals surface area contributed by atoms with Gasteiger partial charge in [-0.15, -0.1) is 0 Å². The van der Waals surface area contributed by atoms with Gasteiger partial charge in [0, 0.05) is 25.4 Å². The Morgan fingerprint density at radius 1 is 1.11 bits per heavy atom. The van der Waals surface area contributed by atoms with Gasteiger partial charge in [0.05, 0.1) is 11.1 Å². The van der Waals surface area contributed by atoms with Crippen LogP contribution >= 0.6 is 0 Å². The number of hydrogen-bond acceptors (Lipinski definition) is 4. The van der Waals surface area contributed by atoms with Crippen LogP contribution in [0.1, 0.15) is 23.2 Å². The quantitative estimate of drug-likeness (QED) is 0.766. The van der Waals surface area contributed by atoms with Gasteiger partial charge in [0.2, 0.25) is 5.43 Å². The number of hydrogen-bond donors (Lipinski definition) is 1. The van der Waals surface area contributed by atoms with Crippen LogP contribution in [0.5, 0.6) is 0 Å². The van der Waals surface area contributed by atoms with E-state index < -0.39 is 28.6 Å². The molecule has 1 fully saturated rings. The molecule has 138 valence electrons. The maximum Gasteiger partial charge on any atom is 0.341 e. The Hall–Kier alpha value is -3.29. The molecule has 0 bridgehead atoms. The van der Waals surface area contributed by atoms with Gasteiger partial charge in [0.15, 0.2) is 5.65 Å². The standard InChI is InChI=1S/C19H15F2N3O3/c20-11-3-5-15(14(21)9-11)24-10-13(19(26)27)17(25)12-4-6-16(22-18(12)24)23-7-1-2-8-23/h3-6,9-10H,1-2,7-8H2,(H,26,27). The van der Waals surface area contributed by atoms with E-state index in [1.807, 2.05) is 4.90 Å². The molecule has 0 unspecified atom stereocenters. The number of benzene rings is 1. The molecule has 4 rings (SSSR count). The summed E-state index contributed by atoms with van der Waals surface area (Å²) in [4.78, 5) is 30.5. The lowest BCUT2D eigenvalue weighted by Crippen LogP contribution is -2.22. The lowest BCUT2D eigenvalue weighted by molar-refractivity contribution is 0.0695. The van der Waals surface area contributed by atoms with Crippen molar-refractivity contribution in [1.82, 2.24) is 9.55 Å². The van der Waals surface area contributed by atoms with E-state index in [2.05, 4.69) is 4.98 Å². The first kappa shape index (κ1) is 17.1. The van der Waals surface area contributed by atoms with Crippen LogP contribution in [0, 0.1) is 11.6 Å². The van der Waals surface area contributed by atoms with Gasteiger partial charge in [0.1, 0.15) is 23.0 Å². The molecule has 0 aliphatic carbocycles. The lowest BCUT2D eigenvalue weighted by Gasteiger charge is -2.18. The van der Waals surface area contributed by atoms with Crippen LogP contribution in [0.2, 0.25) is 0 Å². The predicted octanol–water partition coefficient (Wildman–Crippen LogP) is 2.96. The van der Waals surface area contributed by atoms with Gasteiger partial charge < -0.3 is 10.0 Å². The number of anilines is 1. The second kappa shape index (κ2) is 6.46. The number of rotatable bonds is 3.